The minimum atomic E-state index is -0.868. The molecule has 3 N–H and O–H groups in total. The Bertz CT molecular complexity index is 1340. The van der Waals surface area contributed by atoms with Gasteiger partial charge in [0.15, 0.2) is 11.5 Å². The van der Waals surface area contributed by atoms with E-state index in [-0.39, 0.29) is 24.9 Å². The summed E-state index contributed by atoms with van der Waals surface area (Å²) in [5.74, 6) is 0.536. The molecular formula is C27H27N5O5. The molecule has 1 fully saturated rings. The molecule has 10 heteroatoms. The maximum absolute atomic E-state index is 13.2. The van der Waals surface area contributed by atoms with E-state index in [0.29, 0.717) is 34.6 Å². The smallest absolute Gasteiger partial charge is 0.313 e. The zero-order valence-corrected chi connectivity index (χ0v) is 20.2. The van der Waals surface area contributed by atoms with Crippen LogP contribution in [0.4, 0.5) is 17.5 Å². The molecule has 0 spiro atoms. The number of nitrogen functional groups attached to an aromatic ring is 1. The first-order valence-corrected chi connectivity index (χ1v) is 12.4. The van der Waals surface area contributed by atoms with Crippen LogP contribution in [0.1, 0.15) is 36.3 Å². The molecule has 3 aliphatic heterocycles. The number of ether oxygens (including phenoxy) is 3. The number of fused-ring (bicyclic) bond motifs is 2. The highest BCUT2D eigenvalue weighted by Gasteiger charge is 2.37. The summed E-state index contributed by atoms with van der Waals surface area (Å²) in [6.07, 6.45) is 2.88. The molecule has 0 unspecified atom stereocenters. The zero-order chi connectivity index (χ0) is 25.4. The SMILES string of the molecule is Nc1nc(N2CCC(Cc3ccccc3)CC2)nc2c1[C@H](C(=O)Nc1ccc3c(c1)OCO3)CC(=O)O2. The lowest BCUT2D eigenvalue weighted by atomic mass is 9.90. The van der Waals surface area contributed by atoms with Gasteiger partial charge in [-0.3, -0.25) is 9.59 Å². The van der Waals surface area contributed by atoms with Crippen molar-refractivity contribution in [3.05, 3.63) is 59.7 Å². The van der Waals surface area contributed by atoms with E-state index in [1.807, 2.05) is 6.07 Å². The van der Waals surface area contributed by atoms with Crippen LogP contribution < -0.4 is 30.2 Å². The summed E-state index contributed by atoms with van der Waals surface area (Å²) in [6.45, 7) is 1.69. The quantitative estimate of drug-likeness (QED) is 0.506. The number of nitrogens with two attached hydrogens (primary N) is 1. The molecule has 6 rings (SSSR count). The largest absolute Gasteiger partial charge is 0.454 e. The molecule has 3 aromatic rings. The lowest BCUT2D eigenvalue weighted by molar-refractivity contribution is -0.138. The number of amides is 1. The van der Waals surface area contributed by atoms with Crippen molar-refractivity contribution in [2.24, 2.45) is 5.92 Å². The third kappa shape index (κ3) is 4.74. The van der Waals surface area contributed by atoms with Crippen molar-refractivity contribution in [1.29, 1.82) is 0 Å². The van der Waals surface area contributed by atoms with Crippen molar-refractivity contribution in [1.82, 2.24) is 9.97 Å². The lowest BCUT2D eigenvalue weighted by Gasteiger charge is -2.33. The predicted molar refractivity (Wildman–Crippen MR) is 136 cm³/mol. The van der Waals surface area contributed by atoms with Crippen LogP contribution in [0.25, 0.3) is 0 Å². The highest BCUT2D eigenvalue weighted by atomic mass is 16.7. The highest BCUT2D eigenvalue weighted by molar-refractivity contribution is 6.00. The van der Waals surface area contributed by atoms with E-state index in [9.17, 15) is 9.59 Å². The molecule has 0 bridgehead atoms. The van der Waals surface area contributed by atoms with Crippen LogP contribution in [0.2, 0.25) is 0 Å². The molecule has 0 saturated carbocycles. The van der Waals surface area contributed by atoms with Gasteiger partial charge in [0.25, 0.3) is 0 Å². The summed E-state index contributed by atoms with van der Waals surface area (Å²) in [6, 6.07) is 15.6. The Morgan fingerprint density at radius 3 is 2.65 bits per heavy atom. The van der Waals surface area contributed by atoms with Crippen LogP contribution in [0.3, 0.4) is 0 Å². The van der Waals surface area contributed by atoms with Gasteiger partial charge in [0.05, 0.1) is 17.9 Å². The number of aromatic nitrogens is 2. The van der Waals surface area contributed by atoms with Gasteiger partial charge in [-0.25, -0.2) is 0 Å². The summed E-state index contributed by atoms with van der Waals surface area (Å²) in [5, 5.41) is 2.83. The normalized spacial score (nSPS) is 18.8. The molecule has 4 heterocycles. The fraction of sp³-hybridized carbons (Fsp3) is 0.333. The fourth-order valence-corrected chi connectivity index (χ4v) is 5.13. The Morgan fingerprint density at radius 1 is 1.05 bits per heavy atom. The van der Waals surface area contributed by atoms with E-state index in [4.69, 9.17) is 19.9 Å². The number of esters is 1. The van der Waals surface area contributed by atoms with Gasteiger partial charge in [0.2, 0.25) is 24.5 Å². The second-order valence-electron chi connectivity index (χ2n) is 9.54. The van der Waals surface area contributed by atoms with Gasteiger partial charge in [-0.15, -0.1) is 0 Å². The second kappa shape index (κ2) is 9.61. The average Bonchev–Trinajstić information content (AvgIpc) is 3.37. The molecule has 0 radical (unpaired) electrons. The standard InChI is InChI=1S/C27H27N5O5/c28-24-23-19(25(34)29-18-6-7-20-21(13-18)36-15-35-20)14-22(33)37-26(23)31-27(30-24)32-10-8-17(9-11-32)12-16-4-2-1-3-5-16/h1-7,13,17,19H,8-12,14-15H2,(H,29,34)(H2,28,30,31)/t19-/m1/s1. The van der Waals surface area contributed by atoms with Crippen LogP contribution in [-0.2, 0) is 16.0 Å². The fourth-order valence-electron chi connectivity index (χ4n) is 5.13. The summed E-state index contributed by atoms with van der Waals surface area (Å²) < 4.78 is 16.1. The van der Waals surface area contributed by atoms with E-state index < -0.39 is 17.8 Å². The van der Waals surface area contributed by atoms with Crippen molar-refractivity contribution in [2.75, 3.05) is 35.8 Å². The summed E-state index contributed by atoms with van der Waals surface area (Å²) in [4.78, 5) is 36.7. The van der Waals surface area contributed by atoms with Crippen LogP contribution in [0, 0.1) is 5.92 Å². The van der Waals surface area contributed by atoms with E-state index >= 15 is 0 Å². The molecule has 37 heavy (non-hydrogen) atoms. The van der Waals surface area contributed by atoms with E-state index in [2.05, 4.69) is 44.5 Å². The van der Waals surface area contributed by atoms with Crippen molar-refractivity contribution in [2.45, 2.75) is 31.6 Å². The maximum Gasteiger partial charge on any atom is 0.313 e. The van der Waals surface area contributed by atoms with Crippen molar-refractivity contribution < 1.29 is 23.8 Å². The van der Waals surface area contributed by atoms with Crippen molar-refractivity contribution in [3.63, 3.8) is 0 Å². The zero-order valence-electron chi connectivity index (χ0n) is 20.2. The molecule has 1 saturated heterocycles. The Kier molecular flexibility index (Phi) is 5.99. The molecule has 10 nitrogen and oxygen atoms in total. The highest BCUT2D eigenvalue weighted by Crippen LogP contribution is 2.40. The number of benzene rings is 2. The van der Waals surface area contributed by atoms with Gasteiger partial charge < -0.3 is 30.2 Å². The van der Waals surface area contributed by atoms with E-state index in [0.717, 1.165) is 32.4 Å². The Balaban J connectivity index is 1.17. The van der Waals surface area contributed by atoms with Gasteiger partial charge in [-0.05, 0) is 42.9 Å². The number of hydrogen-bond donors (Lipinski definition) is 2. The van der Waals surface area contributed by atoms with Gasteiger partial charge in [-0.2, -0.15) is 9.97 Å². The summed E-state index contributed by atoms with van der Waals surface area (Å²) in [7, 11) is 0. The van der Waals surface area contributed by atoms with Gasteiger partial charge >= 0.3 is 5.97 Å². The van der Waals surface area contributed by atoms with Crippen LogP contribution in [0.5, 0.6) is 17.4 Å². The first-order chi connectivity index (χ1) is 18.0. The van der Waals surface area contributed by atoms with Crippen LogP contribution in [0.15, 0.2) is 48.5 Å². The molecule has 2 aromatic carbocycles. The molecular weight excluding hydrogens is 474 g/mol. The Morgan fingerprint density at radius 2 is 1.84 bits per heavy atom. The van der Waals surface area contributed by atoms with Crippen molar-refractivity contribution in [3.8, 4) is 17.4 Å². The number of rotatable bonds is 5. The molecule has 1 amide bonds. The first-order valence-electron chi connectivity index (χ1n) is 12.4. The Labute approximate surface area is 213 Å². The van der Waals surface area contributed by atoms with Gasteiger partial charge in [0.1, 0.15) is 5.82 Å². The van der Waals surface area contributed by atoms with Crippen LogP contribution in [-0.4, -0.2) is 41.7 Å². The third-order valence-electron chi connectivity index (χ3n) is 7.08. The second-order valence-corrected chi connectivity index (χ2v) is 9.54. The molecule has 0 aliphatic carbocycles. The molecule has 190 valence electrons. The third-order valence-corrected chi connectivity index (χ3v) is 7.08. The summed E-state index contributed by atoms with van der Waals surface area (Å²) >= 11 is 0. The maximum atomic E-state index is 13.2. The number of nitrogens with one attached hydrogen (secondary N) is 1. The number of piperidine rings is 1. The van der Waals surface area contributed by atoms with Gasteiger partial charge in [0, 0.05) is 24.8 Å². The van der Waals surface area contributed by atoms with Crippen molar-refractivity contribution >= 4 is 29.3 Å². The number of carbonyl (C=O) groups is 2. The number of nitrogens with zero attached hydrogens (tertiary/aromatic N) is 3. The topological polar surface area (TPSA) is 129 Å². The number of hydrogen-bond acceptors (Lipinski definition) is 9. The van der Waals surface area contributed by atoms with E-state index in [1.165, 1.54) is 5.56 Å². The molecule has 1 aromatic heterocycles. The number of carbonyl (C=O) groups excluding carboxylic acids is 2. The number of anilines is 3. The summed E-state index contributed by atoms with van der Waals surface area (Å²) in [5.41, 5.74) is 8.53. The minimum absolute atomic E-state index is 0.0518. The lowest BCUT2D eigenvalue weighted by Crippen LogP contribution is -2.36. The minimum Gasteiger partial charge on any atom is -0.454 e. The Hall–Kier alpha value is -4.34. The van der Waals surface area contributed by atoms with E-state index in [1.54, 1.807) is 18.2 Å². The monoisotopic (exact) mass is 501 g/mol. The first kappa shape index (κ1) is 23.1. The molecule has 3 aliphatic rings. The average molecular weight is 502 g/mol. The predicted octanol–water partition coefficient (Wildman–Crippen LogP) is 3.28. The van der Waals surface area contributed by atoms with Crippen LogP contribution >= 0.6 is 0 Å². The molecule has 1 atom stereocenters. The van der Waals surface area contributed by atoms with Gasteiger partial charge in [-0.1, -0.05) is 30.3 Å².